The third kappa shape index (κ3) is 4.49. The van der Waals surface area contributed by atoms with Crippen molar-refractivity contribution >= 4 is 52.0 Å². The Morgan fingerprint density at radius 1 is 1.30 bits per heavy atom. The molecule has 120 valence electrons. The van der Waals surface area contributed by atoms with Crippen LogP contribution < -0.4 is 0 Å². The number of thiocarbonyl (C=S) groups is 1. The van der Waals surface area contributed by atoms with Crippen molar-refractivity contribution < 1.29 is 19.5 Å². The van der Waals surface area contributed by atoms with Crippen LogP contribution in [-0.2, 0) is 9.59 Å². The number of benzene rings is 1. The fraction of sp³-hybridized carbons (Fsp3) is 0.250. The molecule has 0 aromatic heterocycles. The zero-order valence-corrected chi connectivity index (χ0v) is 14.1. The molecule has 1 amide bonds. The molecule has 0 saturated carbocycles. The van der Waals surface area contributed by atoms with Crippen LogP contribution in [0.5, 0.6) is 0 Å². The maximum Gasteiger partial charge on any atom is 0.303 e. The molecule has 1 fully saturated rings. The summed E-state index contributed by atoms with van der Waals surface area (Å²) in [5.74, 6) is -1.11. The van der Waals surface area contributed by atoms with E-state index in [4.69, 9.17) is 17.3 Å². The number of aliphatic carboxylic acids is 1. The number of amides is 1. The fourth-order valence-corrected chi connectivity index (χ4v) is 3.36. The maximum absolute atomic E-state index is 12.3. The van der Waals surface area contributed by atoms with E-state index in [1.165, 1.54) is 23.6 Å². The lowest BCUT2D eigenvalue weighted by molar-refractivity contribution is -0.137. The van der Waals surface area contributed by atoms with Gasteiger partial charge in [-0.1, -0.05) is 48.2 Å². The number of carbonyl (C=O) groups is 3. The molecule has 1 saturated heterocycles. The summed E-state index contributed by atoms with van der Waals surface area (Å²) in [7, 11) is 0. The molecule has 0 spiro atoms. The topological polar surface area (TPSA) is 74.7 Å². The molecule has 1 N–H and O–H groups in total. The molecule has 5 nitrogen and oxygen atoms in total. The number of hydrogen-bond acceptors (Lipinski definition) is 5. The Morgan fingerprint density at radius 3 is 2.52 bits per heavy atom. The number of carboxylic acids is 1. The summed E-state index contributed by atoms with van der Waals surface area (Å²) >= 11 is 6.38. The van der Waals surface area contributed by atoms with Gasteiger partial charge in [-0.25, -0.2) is 0 Å². The molecule has 1 heterocycles. The molecular weight excluding hydrogens is 334 g/mol. The monoisotopic (exact) mass is 349 g/mol. The number of thioether (sulfide) groups is 1. The minimum Gasteiger partial charge on any atom is -0.481 e. The molecule has 1 aliphatic rings. The lowest BCUT2D eigenvalue weighted by Crippen LogP contribution is -2.29. The molecule has 23 heavy (non-hydrogen) atoms. The molecule has 0 bridgehead atoms. The number of ketones is 1. The largest absolute Gasteiger partial charge is 0.481 e. The predicted molar refractivity (Wildman–Crippen MR) is 93.2 cm³/mol. The quantitative estimate of drug-likeness (QED) is 0.483. The van der Waals surface area contributed by atoms with Crippen molar-refractivity contribution in [2.75, 3.05) is 6.54 Å². The smallest absolute Gasteiger partial charge is 0.303 e. The summed E-state index contributed by atoms with van der Waals surface area (Å²) in [5.41, 5.74) is 1.42. The molecule has 0 aliphatic carbocycles. The first-order chi connectivity index (χ1) is 10.9. The third-order valence-corrected chi connectivity index (χ3v) is 4.64. The molecule has 1 aromatic carbocycles. The Bertz CT molecular complexity index is 695. The van der Waals surface area contributed by atoms with Gasteiger partial charge in [-0.3, -0.25) is 19.3 Å². The molecule has 0 unspecified atom stereocenters. The van der Waals surface area contributed by atoms with E-state index in [0.717, 1.165) is 5.56 Å². The summed E-state index contributed by atoms with van der Waals surface area (Å²) in [6.45, 7) is 1.80. The Morgan fingerprint density at radius 2 is 1.96 bits per heavy atom. The molecule has 1 aromatic rings. The SMILES string of the molecule is CC(=O)c1ccc(C=C2SC(=S)N(CCCC(=O)O)C2=O)cc1. The minimum atomic E-state index is -0.892. The van der Waals surface area contributed by atoms with Crippen molar-refractivity contribution in [3.05, 3.63) is 40.3 Å². The van der Waals surface area contributed by atoms with Crippen molar-refractivity contribution in [1.82, 2.24) is 4.90 Å². The van der Waals surface area contributed by atoms with E-state index in [1.807, 2.05) is 0 Å². The van der Waals surface area contributed by atoms with Gasteiger partial charge >= 0.3 is 5.97 Å². The van der Waals surface area contributed by atoms with E-state index in [2.05, 4.69) is 0 Å². The van der Waals surface area contributed by atoms with E-state index < -0.39 is 5.97 Å². The van der Waals surface area contributed by atoms with E-state index >= 15 is 0 Å². The van der Waals surface area contributed by atoms with Gasteiger partial charge in [0.1, 0.15) is 4.32 Å². The van der Waals surface area contributed by atoms with Crippen LogP contribution in [0.4, 0.5) is 0 Å². The van der Waals surface area contributed by atoms with Gasteiger partial charge in [0.15, 0.2) is 5.78 Å². The Balaban J connectivity index is 2.08. The fourth-order valence-electron chi connectivity index (χ4n) is 2.05. The summed E-state index contributed by atoms with van der Waals surface area (Å²) in [5, 5.41) is 8.65. The number of nitrogens with zero attached hydrogens (tertiary/aromatic N) is 1. The Labute approximate surface area is 143 Å². The summed E-state index contributed by atoms with van der Waals surface area (Å²) < 4.78 is 0.437. The maximum atomic E-state index is 12.3. The number of carboxylic acid groups (broad SMARTS) is 1. The second kappa shape index (κ2) is 7.52. The van der Waals surface area contributed by atoms with Gasteiger partial charge in [-0.2, -0.15) is 0 Å². The zero-order valence-electron chi connectivity index (χ0n) is 12.4. The number of rotatable bonds is 6. The number of Topliss-reactive ketones (excluding diaryl/α,β-unsaturated/α-hetero) is 1. The molecular formula is C16H15NO4S2. The molecule has 0 atom stereocenters. The predicted octanol–water partition coefficient (Wildman–Crippen LogP) is 2.96. The van der Waals surface area contributed by atoms with Crippen LogP contribution in [0.15, 0.2) is 29.2 Å². The van der Waals surface area contributed by atoms with Crippen molar-refractivity contribution in [3.63, 3.8) is 0 Å². The highest BCUT2D eigenvalue weighted by Crippen LogP contribution is 2.32. The van der Waals surface area contributed by atoms with Crippen molar-refractivity contribution in [2.24, 2.45) is 0 Å². The normalized spacial score (nSPS) is 16.2. The molecule has 2 rings (SSSR count). The van der Waals surface area contributed by atoms with Gasteiger partial charge < -0.3 is 5.11 Å². The van der Waals surface area contributed by atoms with E-state index in [-0.39, 0.29) is 18.1 Å². The standard InChI is InChI=1S/C16H15NO4S2/c1-10(18)12-6-4-11(5-7-12)9-13-15(21)17(16(22)23-13)8-2-3-14(19)20/h4-7,9H,2-3,8H2,1H3,(H,19,20). The summed E-state index contributed by atoms with van der Waals surface area (Å²) in [6.07, 6.45) is 2.09. The minimum absolute atomic E-state index is 0.00260. The van der Waals surface area contributed by atoms with Gasteiger partial charge in [0.2, 0.25) is 0 Å². The lowest BCUT2D eigenvalue weighted by atomic mass is 10.1. The summed E-state index contributed by atoms with van der Waals surface area (Å²) in [4.78, 5) is 36.0. The first-order valence-electron chi connectivity index (χ1n) is 6.96. The average Bonchev–Trinajstić information content (AvgIpc) is 2.75. The first kappa shape index (κ1) is 17.4. The van der Waals surface area contributed by atoms with Gasteiger partial charge in [-0.05, 0) is 25.0 Å². The lowest BCUT2D eigenvalue weighted by Gasteiger charge is -2.13. The van der Waals surface area contributed by atoms with Crippen LogP contribution in [0.25, 0.3) is 6.08 Å². The highest BCUT2D eigenvalue weighted by molar-refractivity contribution is 8.26. The van der Waals surface area contributed by atoms with E-state index in [0.29, 0.717) is 27.8 Å². The van der Waals surface area contributed by atoms with E-state index in [9.17, 15) is 14.4 Å². The molecule has 1 aliphatic heterocycles. The van der Waals surface area contributed by atoms with Gasteiger partial charge in [0, 0.05) is 18.5 Å². The second-order valence-corrected chi connectivity index (χ2v) is 6.68. The van der Waals surface area contributed by atoms with Crippen LogP contribution in [0, 0.1) is 0 Å². The number of carbonyl (C=O) groups excluding carboxylic acids is 2. The van der Waals surface area contributed by atoms with Gasteiger partial charge in [0.25, 0.3) is 5.91 Å². The van der Waals surface area contributed by atoms with Crippen LogP contribution in [-0.4, -0.2) is 38.5 Å². The Hall–Kier alpha value is -1.99. The van der Waals surface area contributed by atoms with Crippen LogP contribution in [0.3, 0.4) is 0 Å². The second-order valence-electron chi connectivity index (χ2n) is 5.01. The third-order valence-electron chi connectivity index (χ3n) is 3.26. The van der Waals surface area contributed by atoms with Crippen molar-refractivity contribution in [1.29, 1.82) is 0 Å². The molecule has 7 heteroatoms. The van der Waals surface area contributed by atoms with Crippen LogP contribution in [0.1, 0.15) is 35.7 Å². The van der Waals surface area contributed by atoms with Gasteiger partial charge in [0.05, 0.1) is 4.91 Å². The van der Waals surface area contributed by atoms with Crippen LogP contribution in [0.2, 0.25) is 0 Å². The average molecular weight is 349 g/mol. The molecule has 0 radical (unpaired) electrons. The van der Waals surface area contributed by atoms with Crippen molar-refractivity contribution in [2.45, 2.75) is 19.8 Å². The Kier molecular flexibility index (Phi) is 5.68. The van der Waals surface area contributed by atoms with E-state index in [1.54, 1.807) is 30.3 Å². The highest BCUT2D eigenvalue weighted by Gasteiger charge is 2.31. The number of hydrogen-bond donors (Lipinski definition) is 1. The van der Waals surface area contributed by atoms with Gasteiger partial charge in [-0.15, -0.1) is 0 Å². The van der Waals surface area contributed by atoms with Crippen LogP contribution >= 0.6 is 24.0 Å². The first-order valence-corrected chi connectivity index (χ1v) is 8.19. The zero-order chi connectivity index (χ0) is 17.0. The highest BCUT2D eigenvalue weighted by atomic mass is 32.2. The van der Waals surface area contributed by atoms with Crippen molar-refractivity contribution in [3.8, 4) is 0 Å². The summed E-state index contributed by atoms with van der Waals surface area (Å²) in [6, 6.07) is 6.96.